The molecule has 0 saturated carbocycles. The molecule has 0 bridgehead atoms. The molecule has 2 aromatic rings. The molecule has 0 saturated heterocycles. The maximum Gasteiger partial charge on any atom is 0.316 e. The highest BCUT2D eigenvalue weighted by Crippen LogP contribution is 2.14. The van der Waals surface area contributed by atoms with Gasteiger partial charge in [-0.05, 0) is 6.07 Å². The fourth-order valence-corrected chi connectivity index (χ4v) is 1.27. The third-order valence-corrected chi connectivity index (χ3v) is 2.11. The lowest BCUT2D eigenvalue weighted by atomic mass is 10.3. The number of methoxy groups -OCH3 is 1. The first-order valence-electron chi connectivity index (χ1n) is 5.23. The van der Waals surface area contributed by atoms with Gasteiger partial charge in [-0.15, -0.1) is 0 Å². The maximum atomic E-state index is 9.04. The van der Waals surface area contributed by atoms with E-state index in [0.717, 1.165) is 0 Å². The summed E-state index contributed by atoms with van der Waals surface area (Å²) in [7, 11) is 1.48. The van der Waals surface area contributed by atoms with Gasteiger partial charge < -0.3 is 14.6 Å². The van der Waals surface area contributed by atoms with E-state index in [9.17, 15) is 0 Å². The molecular formula is C11H12N4O3. The molecule has 0 radical (unpaired) electrons. The summed E-state index contributed by atoms with van der Waals surface area (Å²) in [6.45, 7) is -0.0435. The van der Waals surface area contributed by atoms with Gasteiger partial charge in [-0.2, -0.15) is 4.98 Å². The van der Waals surface area contributed by atoms with Crippen molar-refractivity contribution in [2.24, 2.45) is 0 Å². The normalized spacial score (nSPS) is 10.1. The van der Waals surface area contributed by atoms with E-state index in [1.165, 1.54) is 13.3 Å². The summed E-state index contributed by atoms with van der Waals surface area (Å²) in [5.41, 5.74) is 0.525. The van der Waals surface area contributed by atoms with Crippen LogP contribution in [0.1, 0.15) is 11.4 Å². The van der Waals surface area contributed by atoms with Crippen LogP contribution in [-0.4, -0.2) is 32.2 Å². The van der Waals surface area contributed by atoms with Gasteiger partial charge in [0.25, 0.3) is 0 Å². The number of nitrogens with zero attached hydrogens (tertiary/aromatic N) is 4. The number of aromatic nitrogens is 4. The Bertz CT molecular complexity index is 507. The summed E-state index contributed by atoms with van der Waals surface area (Å²) in [5.74, 6) is 0.761. The van der Waals surface area contributed by atoms with Crippen molar-refractivity contribution >= 4 is 0 Å². The standard InChI is InChI=1S/C11H12N4O3/c1-17-10-8(6-16)5-14-9(15-10)7-18-11-12-3-2-4-13-11/h2-5,16H,6-7H2,1H3. The van der Waals surface area contributed by atoms with Crippen LogP contribution in [0, 0.1) is 0 Å². The molecule has 2 rings (SSSR count). The Morgan fingerprint density at radius 1 is 1.22 bits per heavy atom. The van der Waals surface area contributed by atoms with Crippen molar-refractivity contribution in [1.29, 1.82) is 0 Å². The fraction of sp³-hybridized carbons (Fsp3) is 0.273. The van der Waals surface area contributed by atoms with Gasteiger partial charge in [0.05, 0.1) is 19.3 Å². The van der Waals surface area contributed by atoms with Gasteiger partial charge >= 0.3 is 6.01 Å². The smallest absolute Gasteiger partial charge is 0.316 e. The molecule has 0 fully saturated rings. The minimum atomic E-state index is -0.174. The predicted octanol–water partition coefficient (Wildman–Crippen LogP) is 0.347. The van der Waals surface area contributed by atoms with Crippen molar-refractivity contribution in [3.05, 3.63) is 36.0 Å². The van der Waals surface area contributed by atoms with E-state index in [-0.39, 0.29) is 19.2 Å². The molecular weight excluding hydrogens is 236 g/mol. The van der Waals surface area contributed by atoms with E-state index in [0.29, 0.717) is 17.3 Å². The van der Waals surface area contributed by atoms with Crippen LogP contribution in [0.2, 0.25) is 0 Å². The van der Waals surface area contributed by atoms with Crippen LogP contribution < -0.4 is 9.47 Å². The minimum Gasteiger partial charge on any atom is -0.481 e. The van der Waals surface area contributed by atoms with E-state index in [1.54, 1.807) is 18.5 Å². The molecule has 2 aromatic heterocycles. The Morgan fingerprint density at radius 2 is 2.00 bits per heavy atom. The van der Waals surface area contributed by atoms with Crippen LogP contribution in [-0.2, 0) is 13.2 Å². The average molecular weight is 248 g/mol. The lowest BCUT2D eigenvalue weighted by Gasteiger charge is -2.07. The Balaban J connectivity index is 2.06. The van der Waals surface area contributed by atoms with Gasteiger partial charge in [0, 0.05) is 18.6 Å². The summed E-state index contributed by atoms with van der Waals surface area (Å²) in [6.07, 6.45) is 4.66. The number of aliphatic hydroxyl groups excluding tert-OH is 1. The average Bonchev–Trinajstić information content (AvgIpc) is 2.45. The second-order valence-electron chi connectivity index (χ2n) is 3.30. The van der Waals surface area contributed by atoms with E-state index in [4.69, 9.17) is 14.6 Å². The Labute approximate surface area is 103 Å². The van der Waals surface area contributed by atoms with Crippen LogP contribution in [0.5, 0.6) is 11.9 Å². The summed E-state index contributed by atoms with van der Waals surface area (Å²) >= 11 is 0. The molecule has 0 spiro atoms. The first-order valence-corrected chi connectivity index (χ1v) is 5.23. The molecule has 94 valence electrons. The Kier molecular flexibility index (Phi) is 3.98. The van der Waals surface area contributed by atoms with Gasteiger partial charge in [0.1, 0.15) is 0 Å². The predicted molar refractivity (Wildman–Crippen MR) is 60.9 cm³/mol. The number of hydrogen-bond acceptors (Lipinski definition) is 7. The number of ether oxygens (including phenoxy) is 2. The fourth-order valence-electron chi connectivity index (χ4n) is 1.27. The van der Waals surface area contributed by atoms with Gasteiger partial charge in [-0.25, -0.2) is 15.0 Å². The topological polar surface area (TPSA) is 90.3 Å². The highest BCUT2D eigenvalue weighted by Gasteiger charge is 2.07. The Morgan fingerprint density at radius 3 is 2.67 bits per heavy atom. The van der Waals surface area contributed by atoms with E-state index >= 15 is 0 Å². The monoisotopic (exact) mass is 248 g/mol. The third-order valence-electron chi connectivity index (χ3n) is 2.11. The first kappa shape index (κ1) is 12.2. The molecule has 2 heterocycles. The SMILES string of the molecule is COc1nc(COc2ncccn2)ncc1CO. The molecule has 0 amide bonds. The summed E-state index contributed by atoms with van der Waals surface area (Å²) in [4.78, 5) is 16.0. The zero-order valence-electron chi connectivity index (χ0n) is 9.78. The van der Waals surface area contributed by atoms with E-state index < -0.39 is 0 Å². The molecule has 0 aliphatic carbocycles. The summed E-state index contributed by atoms with van der Waals surface area (Å²) in [5, 5.41) is 9.04. The van der Waals surface area contributed by atoms with Crippen molar-refractivity contribution < 1.29 is 14.6 Å². The molecule has 0 aromatic carbocycles. The van der Waals surface area contributed by atoms with Crippen LogP contribution in [0.3, 0.4) is 0 Å². The Hall–Kier alpha value is -2.28. The van der Waals surface area contributed by atoms with E-state index in [1.807, 2.05) is 0 Å². The highest BCUT2D eigenvalue weighted by atomic mass is 16.5. The number of rotatable bonds is 5. The van der Waals surface area contributed by atoms with Crippen LogP contribution in [0.25, 0.3) is 0 Å². The van der Waals surface area contributed by atoms with Crippen LogP contribution in [0.4, 0.5) is 0 Å². The summed E-state index contributed by atoms with van der Waals surface area (Å²) < 4.78 is 10.3. The first-order chi connectivity index (χ1) is 8.83. The maximum absolute atomic E-state index is 9.04. The highest BCUT2D eigenvalue weighted by molar-refractivity contribution is 5.22. The largest absolute Gasteiger partial charge is 0.481 e. The van der Waals surface area contributed by atoms with Crippen molar-refractivity contribution in [3.63, 3.8) is 0 Å². The molecule has 7 nitrogen and oxygen atoms in total. The van der Waals surface area contributed by atoms with Crippen molar-refractivity contribution in [3.8, 4) is 11.9 Å². The molecule has 0 aliphatic rings. The van der Waals surface area contributed by atoms with E-state index in [2.05, 4.69) is 19.9 Å². The molecule has 0 atom stereocenters. The lowest BCUT2D eigenvalue weighted by molar-refractivity contribution is 0.259. The second kappa shape index (κ2) is 5.87. The third kappa shape index (κ3) is 2.89. The van der Waals surface area contributed by atoms with Crippen molar-refractivity contribution in [2.75, 3.05) is 7.11 Å². The summed E-state index contributed by atoms with van der Waals surface area (Å²) in [6, 6.07) is 1.95. The molecule has 0 unspecified atom stereocenters. The lowest BCUT2D eigenvalue weighted by Crippen LogP contribution is -2.06. The molecule has 0 aliphatic heterocycles. The molecule has 7 heteroatoms. The quantitative estimate of drug-likeness (QED) is 0.816. The van der Waals surface area contributed by atoms with Gasteiger partial charge in [-0.1, -0.05) is 0 Å². The van der Waals surface area contributed by atoms with Crippen LogP contribution in [0.15, 0.2) is 24.7 Å². The molecule has 18 heavy (non-hydrogen) atoms. The van der Waals surface area contributed by atoms with Crippen LogP contribution >= 0.6 is 0 Å². The second-order valence-corrected chi connectivity index (χ2v) is 3.30. The van der Waals surface area contributed by atoms with Crippen molar-refractivity contribution in [2.45, 2.75) is 13.2 Å². The zero-order valence-corrected chi connectivity index (χ0v) is 9.78. The molecule has 1 N–H and O–H groups in total. The van der Waals surface area contributed by atoms with Gasteiger partial charge in [-0.3, -0.25) is 0 Å². The zero-order chi connectivity index (χ0) is 12.8. The van der Waals surface area contributed by atoms with Gasteiger partial charge in [0.2, 0.25) is 5.88 Å². The van der Waals surface area contributed by atoms with Crippen molar-refractivity contribution in [1.82, 2.24) is 19.9 Å². The van der Waals surface area contributed by atoms with Gasteiger partial charge in [0.15, 0.2) is 12.4 Å². The number of hydrogen-bond donors (Lipinski definition) is 1. The number of aliphatic hydroxyl groups is 1. The minimum absolute atomic E-state index is 0.131.